The van der Waals surface area contributed by atoms with Crippen molar-refractivity contribution in [2.45, 2.75) is 27.2 Å². The van der Waals surface area contributed by atoms with E-state index in [9.17, 15) is 9.18 Å². The Balaban J connectivity index is 2.39. The van der Waals surface area contributed by atoms with Gasteiger partial charge in [0.2, 0.25) is 0 Å². The van der Waals surface area contributed by atoms with Crippen LogP contribution in [-0.2, 0) is 0 Å². The third-order valence-corrected chi connectivity index (χ3v) is 3.19. The molecule has 1 fully saturated rings. The molecule has 2 atom stereocenters. The normalized spacial score (nSPS) is 24.0. The molecular weight excluding hydrogens is 191 g/mol. The lowest BCUT2D eigenvalue weighted by molar-refractivity contribution is 0.0961. The van der Waals surface area contributed by atoms with Crippen LogP contribution in [-0.4, -0.2) is 5.78 Å². The zero-order valence-electron chi connectivity index (χ0n) is 9.30. The maximum absolute atomic E-state index is 13.1. The second kappa shape index (κ2) is 3.44. The summed E-state index contributed by atoms with van der Waals surface area (Å²) >= 11 is 0. The molecule has 1 nitrogen and oxygen atoms in total. The predicted octanol–water partition coefficient (Wildman–Crippen LogP) is 3.28. The molecule has 15 heavy (non-hydrogen) atoms. The second-order valence-electron chi connectivity index (χ2n) is 4.60. The number of Topliss-reactive ketones (excluding diaryl/α,β-unsaturated/α-hetero) is 1. The summed E-state index contributed by atoms with van der Waals surface area (Å²) in [7, 11) is 0. The third-order valence-electron chi connectivity index (χ3n) is 3.19. The standard InChI is InChI=1S/C13H15FO/c1-7-6-11(7)13(15)12-8(2)4-10(14)5-9(12)3/h4-5,7,11H,6H2,1-3H3. The Kier molecular flexibility index (Phi) is 2.37. The largest absolute Gasteiger partial charge is 0.294 e. The fraction of sp³-hybridized carbons (Fsp3) is 0.462. The van der Waals surface area contributed by atoms with E-state index >= 15 is 0 Å². The van der Waals surface area contributed by atoms with Crippen molar-refractivity contribution in [3.63, 3.8) is 0 Å². The number of carbonyl (C=O) groups excluding carboxylic acids is 1. The van der Waals surface area contributed by atoms with E-state index in [4.69, 9.17) is 0 Å². The van der Waals surface area contributed by atoms with Crippen molar-refractivity contribution in [3.05, 3.63) is 34.6 Å². The number of ketones is 1. The van der Waals surface area contributed by atoms with E-state index < -0.39 is 0 Å². The molecule has 2 heteroatoms. The van der Waals surface area contributed by atoms with E-state index in [-0.39, 0.29) is 17.5 Å². The van der Waals surface area contributed by atoms with E-state index in [2.05, 4.69) is 6.92 Å². The summed E-state index contributed by atoms with van der Waals surface area (Å²) in [5.74, 6) is 0.608. The van der Waals surface area contributed by atoms with Crippen molar-refractivity contribution < 1.29 is 9.18 Å². The highest BCUT2D eigenvalue weighted by atomic mass is 19.1. The second-order valence-corrected chi connectivity index (χ2v) is 4.60. The third kappa shape index (κ3) is 1.81. The lowest BCUT2D eigenvalue weighted by Gasteiger charge is -2.08. The summed E-state index contributed by atoms with van der Waals surface area (Å²) in [5, 5.41) is 0. The Morgan fingerprint density at radius 1 is 1.33 bits per heavy atom. The molecule has 0 saturated heterocycles. The topological polar surface area (TPSA) is 17.1 Å². The lowest BCUT2D eigenvalue weighted by atomic mass is 9.96. The molecule has 0 heterocycles. The van der Waals surface area contributed by atoms with Crippen molar-refractivity contribution in [1.29, 1.82) is 0 Å². The molecule has 1 aromatic carbocycles. The summed E-state index contributed by atoms with van der Waals surface area (Å²) < 4.78 is 13.1. The van der Waals surface area contributed by atoms with Crippen LogP contribution in [0.15, 0.2) is 12.1 Å². The molecule has 0 spiro atoms. The van der Waals surface area contributed by atoms with Crippen LogP contribution in [0, 0.1) is 31.5 Å². The van der Waals surface area contributed by atoms with E-state index in [0.29, 0.717) is 5.92 Å². The van der Waals surface area contributed by atoms with Crippen LogP contribution in [0.4, 0.5) is 4.39 Å². The van der Waals surface area contributed by atoms with Crippen LogP contribution in [0.3, 0.4) is 0 Å². The van der Waals surface area contributed by atoms with E-state index in [1.807, 2.05) is 0 Å². The Morgan fingerprint density at radius 2 is 1.80 bits per heavy atom. The van der Waals surface area contributed by atoms with Gasteiger partial charge >= 0.3 is 0 Å². The van der Waals surface area contributed by atoms with Gasteiger partial charge in [0, 0.05) is 11.5 Å². The van der Waals surface area contributed by atoms with Crippen molar-refractivity contribution in [2.24, 2.45) is 11.8 Å². The molecule has 1 aliphatic carbocycles. The molecule has 0 N–H and O–H groups in total. The number of rotatable bonds is 2. The van der Waals surface area contributed by atoms with Gasteiger partial charge in [-0.15, -0.1) is 0 Å². The lowest BCUT2D eigenvalue weighted by Crippen LogP contribution is -2.08. The summed E-state index contributed by atoms with van der Waals surface area (Å²) in [6.45, 7) is 5.68. The van der Waals surface area contributed by atoms with Gasteiger partial charge in [0.25, 0.3) is 0 Å². The van der Waals surface area contributed by atoms with Gasteiger partial charge in [-0.2, -0.15) is 0 Å². The highest BCUT2D eigenvalue weighted by Crippen LogP contribution is 2.41. The van der Waals surface area contributed by atoms with Gasteiger partial charge in [0.05, 0.1) is 0 Å². The van der Waals surface area contributed by atoms with E-state index in [1.165, 1.54) is 12.1 Å². The van der Waals surface area contributed by atoms with Crippen molar-refractivity contribution in [1.82, 2.24) is 0 Å². The average Bonchev–Trinajstić information content (AvgIpc) is 2.80. The zero-order valence-corrected chi connectivity index (χ0v) is 9.30. The minimum atomic E-state index is -0.259. The van der Waals surface area contributed by atoms with Crippen molar-refractivity contribution in [2.75, 3.05) is 0 Å². The first-order valence-corrected chi connectivity index (χ1v) is 5.31. The van der Waals surface area contributed by atoms with Crippen LogP contribution < -0.4 is 0 Å². The minimum absolute atomic E-state index is 0.174. The SMILES string of the molecule is Cc1cc(F)cc(C)c1C(=O)C1CC1C. The van der Waals surface area contributed by atoms with E-state index in [1.54, 1.807) is 13.8 Å². The molecule has 1 saturated carbocycles. The molecule has 0 amide bonds. The fourth-order valence-corrected chi connectivity index (χ4v) is 2.17. The fourth-order valence-electron chi connectivity index (χ4n) is 2.17. The molecule has 0 aromatic heterocycles. The Bertz CT molecular complexity index is 400. The molecular formula is C13H15FO. The Morgan fingerprint density at radius 3 is 2.20 bits per heavy atom. The summed E-state index contributed by atoms with van der Waals surface area (Å²) in [6.07, 6.45) is 0.981. The van der Waals surface area contributed by atoms with Gasteiger partial charge in [-0.1, -0.05) is 6.92 Å². The number of aryl methyl sites for hydroxylation is 2. The minimum Gasteiger partial charge on any atom is -0.294 e. The predicted molar refractivity (Wildman–Crippen MR) is 57.5 cm³/mol. The summed E-state index contributed by atoms with van der Waals surface area (Å²) in [5.41, 5.74) is 2.25. The van der Waals surface area contributed by atoms with Crippen molar-refractivity contribution in [3.8, 4) is 0 Å². The molecule has 2 rings (SSSR count). The van der Waals surface area contributed by atoms with E-state index in [0.717, 1.165) is 23.1 Å². The molecule has 2 unspecified atom stereocenters. The summed E-state index contributed by atoms with van der Waals surface area (Å²) in [4.78, 5) is 12.0. The van der Waals surface area contributed by atoms with Gasteiger partial charge in [-0.05, 0) is 49.4 Å². The van der Waals surface area contributed by atoms with Gasteiger partial charge in [-0.25, -0.2) is 4.39 Å². The highest BCUT2D eigenvalue weighted by molar-refractivity contribution is 6.02. The number of carbonyl (C=O) groups is 1. The maximum Gasteiger partial charge on any atom is 0.166 e. The Labute approximate surface area is 89.3 Å². The molecule has 80 valence electrons. The zero-order chi connectivity index (χ0) is 11.2. The highest BCUT2D eigenvalue weighted by Gasteiger charge is 2.40. The van der Waals surface area contributed by atoms with Crippen molar-refractivity contribution >= 4 is 5.78 Å². The quantitative estimate of drug-likeness (QED) is 0.679. The molecule has 0 radical (unpaired) electrons. The first kappa shape index (κ1) is 10.3. The van der Waals surface area contributed by atoms with Gasteiger partial charge < -0.3 is 0 Å². The average molecular weight is 206 g/mol. The van der Waals surface area contributed by atoms with Crippen LogP contribution in [0.2, 0.25) is 0 Å². The molecule has 0 aliphatic heterocycles. The van der Waals surface area contributed by atoms with Crippen LogP contribution >= 0.6 is 0 Å². The molecule has 1 aliphatic rings. The molecule has 0 bridgehead atoms. The first-order valence-electron chi connectivity index (χ1n) is 5.31. The smallest absolute Gasteiger partial charge is 0.166 e. The Hall–Kier alpha value is -1.18. The van der Waals surface area contributed by atoms with Gasteiger partial charge in [0.1, 0.15) is 5.82 Å². The number of hydrogen-bond acceptors (Lipinski definition) is 1. The number of halogens is 1. The van der Waals surface area contributed by atoms with Crippen LogP contribution in [0.5, 0.6) is 0 Å². The molecule has 1 aromatic rings. The van der Waals surface area contributed by atoms with Gasteiger partial charge in [-0.3, -0.25) is 4.79 Å². The summed E-state index contributed by atoms with van der Waals surface area (Å²) in [6, 6.07) is 2.88. The maximum atomic E-state index is 13.1. The van der Waals surface area contributed by atoms with Crippen LogP contribution in [0.1, 0.15) is 34.8 Å². The number of hydrogen-bond donors (Lipinski definition) is 0. The first-order chi connectivity index (χ1) is 7.00. The van der Waals surface area contributed by atoms with Gasteiger partial charge in [0.15, 0.2) is 5.78 Å². The number of benzene rings is 1. The van der Waals surface area contributed by atoms with Crippen LogP contribution in [0.25, 0.3) is 0 Å². The monoisotopic (exact) mass is 206 g/mol.